The maximum atomic E-state index is 12.1. The standard InChI is InChI=1S/C38H52N4O12S3/c1-37(2,3)31-25-28(54-34-24-27(13-15-30(31)34)41(20-21-53-5)18-8-22-55(44,45)46)10-6-11-35-38(4,17-7-12-36(43)40-39)32-26-29(57(50,51)52)14-16-33(32)42(35)19-9-23-56(47,48)49/h6,10-11,13-16,24-26H,7-9,12,17-23,39H2,1-5H3,(H3-,40,43,44,45,46,47,48,49,50,51,52)/p-2. The van der Waals surface area contributed by atoms with Gasteiger partial charge in [0.1, 0.15) is 34.8 Å². The monoisotopic (exact) mass is 850 g/mol. The van der Waals surface area contributed by atoms with E-state index < -0.39 is 58.1 Å². The van der Waals surface area contributed by atoms with Crippen LogP contribution in [0.25, 0.3) is 17.4 Å². The first kappa shape index (κ1) is 45.7. The lowest BCUT2D eigenvalue weighted by atomic mass is 9.77. The van der Waals surface area contributed by atoms with E-state index in [2.05, 4.69) is 26.2 Å². The van der Waals surface area contributed by atoms with Crippen molar-refractivity contribution in [1.29, 1.82) is 0 Å². The number of allylic oxidation sites excluding steroid dienone is 3. The molecule has 0 bridgehead atoms. The number of methoxy groups -OCH3 is 1. The lowest BCUT2D eigenvalue weighted by Gasteiger charge is -2.30. The number of fused-ring (bicyclic) bond motifs is 2. The van der Waals surface area contributed by atoms with Crippen LogP contribution >= 0.6 is 0 Å². The molecule has 0 saturated carbocycles. The minimum atomic E-state index is -4.86. The second-order valence-electron chi connectivity index (χ2n) is 15.2. The normalized spacial score (nSPS) is 17.8. The van der Waals surface area contributed by atoms with Crippen molar-refractivity contribution in [3.05, 3.63) is 82.6 Å². The number of hydrogen-bond donors (Lipinski definition) is 2. The van der Waals surface area contributed by atoms with Crippen molar-refractivity contribution in [1.82, 2.24) is 10.0 Å². The van der Waals surface area contributed by atoms with Gasteiger partial charge in [-0.05, 0) is 85.2 Å². The van der Waals surface area contributed by atoms with Crippen LogP contribution in [0.5, 0.6) is 0 Å². The third-order valence-electron chi connectivity index (χ3n) is 9.86. The molecule has 1 aliphatic carbocycles. The minimum Gasteiger partial charge on any atom is -0.748 e. The smallest absolute Gasteiger partial charge is 0.233 e. The minimum absolute atomic E-state index is 0.0483. The van der Waals surface area contributed by atoms with Gasteiger partial charge in [-0.25, -0.2) is 35.7 Å². The Hall–Kier alpha value is -3.95. The van der Waals surface area contributed by atoms with E-state index in [9.17, 15) is 43.7 Å². The Labute approximate surface area is 334 Å². The van der Waals surface area contributed by atoms with Gasteiger partial charge in [-0.1, -0.05) is 26.8 Å². The topological polar surface area (TPSA) is 255 Å². The fourth-order valence-electron chi connectivity index (χ4n) is 7.10. The van der Waals surface area contributed by atoms with Crippen LogP contribution in [0.3, 0.4) is 0 Å². The number of amides is 1. The van der Waals surface area contributed by atoms with Gasteiger partial charge in [-0.3, -0.25) is 10.2 Å². The summed E-state index contributed by atoms with van der Waals surface area (Å²) in [5.41, 5.74) is 4.16. The molecule has 1 atom stereocenters. The van der Waals surface area contributed by atoms with Gasteiger partial charge in [-0.15, -0.1) is 0 Å². The summed E-state index contributed by atoms with van der Waals surface area (Å²) in [6, 6.07) is 11.5. The average molecular weight is 851 g/mol. The Morgan fingerprint density at radius 2 is 1.65 bits per heavy atom. The largest absolute Gasteiger partial charge is 0.748 e. The molecule has 3 N–H and O–H groups in total. The number of carbonyl (C=O) groups excluding carboxylic acids is 1. The summed E-state index contributed by atoms with van der Waals surface area (Å²) in [4.78, 5) is 13.4. The van der Waals surface area contributed by atoms with E-state index in [-0.39, 0.29) is 37.8 Å². The molecular formula is C38H50N4O12S3-2. The number of benzene rings is 2. The summed E-state index contributed by atoms with van der Waals surface area (Å²) in [5.74, 6) is 4.74. The summed E-state index contributed by atoms with van der Waals surface area (Å²) in [6.45, 7) is 9.13. The molecule has 3 aliphatic rings. The molecular weight excluding hydrogens is 801 g/mol. The molecule has 314 valence electrons. The Kier molecular flexibility index (Phi) is 14.7. The molecule has 0 aromatic heterocycles. The summed E-state index contributed by atoms with van der Waals surface area (Å²) in [5, 5.41) is 0.729. The zero-order chi connectivity index (χ0) is 42.4. The van der Waals surface area contributed by atoms with Crippen LogP contribution in [0.4, 0.5) is 5.69 Å². The second-order valence-corrected chi connectivity index (χ2v) is 19.6. The van der Waals surface area contributed by atoms with Crippen molar-refractivity contribution in [3.8, 4) is 11.3 Å². The van der Waals surface area contributed by atoms with E-state index in [1.807, 2.05) is 35.8 Å². The van der Waals surface area contributed by atoms with E-state index in [0.29, 0.717) is 54.5 Å². The molecule has 2 heterocycles. The van der Waals surface area contributed by atoms with Crippen LogP contribution in [0.1, 0.15) is 76.7 Å². The van der Waals surface area contributed by atoms with Gasteiger partial charge in [0.2, 0.25) is 11.3 Å². The molecule has 0 spiro atoms. The number of hydrazine groups is 1. The van der Waals surface area contributed by atoms with Crippen molar-refractivity contribution >= 4 is 48.0 Å². The van der Waals surface area contributed by atoms with Gasteiger partial charge in [0.05, 0.1) is 31.2 Å². The second kappa shape index (κ2) is 18.3. The fraction of sp³-hybridized carbons (Fsp3) is 0.474. The first-order chi connectivity index (χ1) is 26.5. The zero-order valence-corrected chi connectivity index (χ0v) is 35.1. The van der Waals surface area contributed by atoms with E-state index in [4.69, 9.17) is 15.0 Å². The van der Waals surface area contributed by atoms with Crippen LogP contribution in [-0.4, -0.2) is 89.7 Å². The number of hydrogen-bond acceptors (Lipinski definition) is 14. The third-order valence-corrected chi connectivity index (χ3v) is 12.3. The third kappa shape index (κ3) is 12.3. The van der Waals surface area contributed by atoms with Gasteiger partial charge in [0.15, 0.2) is 6.54 Å². The number of anilines is 1. The maximum Gasteiger partial charge on any atom is 0.233 e. The van der Waals surface area contributed by atoms with Crippen LogP contribution in [0.2, 0.25) is 0 Å². The fourth-order valence-corrected chi connectivity index (χ4v) is 8.56. The van der Waals surface area contributed by atoms with Crippen molar-refractivity contribution in [2.45, 2.75) is 75.5 Å². The molecule has 4 rings (SSSR count). The molecule has 0 radical (unpaired) electrons. The molecule has 1 aromatic carbocycles. The Morgan fingerprint density at radius 1 is 0.965 bits per heavy atom. The number of ether oxygens (including phenoxy) is 1. The van der Waals surface area contributed by atoms with Crippen LogP contribution < -0.4 is 26.1 Å². The molecule has 1 aromatic rings. The highest BCUT2D eigenvalue weighted by Gasteiger charge is 2.43. The first-order valence-electron chi connectivity index (χ1n) is 18.3. The highest BCUT2D eigenvalue weighted by atomic mass is 32.2. The number of rotatable bonds is 18. The maximum absolute atomic E-state index is 12.1. The highest BCUT2D eigenvalue weighted by molar-refractivity contribution is 7.86. The van der Waals surface area contributed by atoms with Crippen molar-refractivity contribution < 1.29 is 52.9 Å². The molecule has 19 heteroatoms. The number of carbonyl (C=O) groups is 1. The van der Waals surface area contributed by atoms with Crippen LogP contribution in [-0.2, 0) is 50.7 Å². The number of nitrogens with one attached hydrogen (secondary N) is 1. The zero-order valence-electron chi connectivity index (χ0n) is 32.6. The van der Waals surface area contributed by atoms with Gasteiger partial charge >= 0.3 is 0 Å². The molecule has 1 amide bonds. The van der Waals surface area contributed by atoms with E-state index in [1.165, 1.54) is 18.2 Å². The van der Waals surface area contributed by atoms with Crippen molar-refractivity contribution in [2.75, 3.05) is 49.8 Å². The summed E-state index contributed by atoms with van der Waals surface area (Å²) >= 11 is 0. The van der Waals surface area contributed by atoms with Crippen LogP contribution in [0, 0.1) is 0 Å². The molecule has 1 unspecified atom stereocenters. The van der Waals surface area contributed by atoms with E-state index in [0.717, 1.165) is 16.5 Å². The average Bonchev–Trinajstić information content (AvgIpc) is 3.33. The Morgan fingerprint density at radius 3 is 2.26 bits per heavy atom. The SMILES string of the molecule is COCC[N+](CCCS(=O)(=O)[O-])=c1ccc2c(C(C)(C)C)cc(/C=C/C=C3/N(CCCS(=O)(=O)[O-])c4ccc(S(=O)(=O)[O-])cc4C3(C)CCCC(=O)NN)oc-2c1. The molecule has 16 nitrogen and oxygen atoms in total. The van der Waals surface area contributed by atoms with Gasteiger partial charge in [0, 0.05) is 66.4 Å². The van der Waals surface area contributed by atoms with Gasteiger partial charge in [-0.2, -0.15) is 0 Å². The lowest BCUT2D eigenvalue weighted by molar-refractivity contribution is -0.121. The number of nitrogens with two attached hydrogens (primary N) is 1. The Balaban J connectivity index is 1.88. The summed E-state index contributed by atoms with van der Waals surface area (Å²) < 4.78 is 119. The number of nitrogens with zero attached hydrogens (tertiary/aromatic N) is 2. The molecule has 2 aliphatic heterocycles. The van der Waals surface area contributed by atoms with Gasteiger partial charge < -0.3 is 27.7 Å². The van der Waals surface area contributed by atoms with Gasteiger partial charge in [0.25, 0.3) is 0 Å². The summed E-state index contributed by atoms with van der Waals surface area (Å²) in [6.07, 6.45) is 5.95. The van der Waals surface area contributed by atoms with Crippen LogP contribution in [0.15, 0.2) is 69.6 Å². The first-order valence-corrected chi connectivity index (χ1v) is 22.8. The Bertz CT molecular complexity index is 2380. The molecule has 0 saturated heterocycles. The predicted molar refractivity (Wildman–Crippen MR) is 212 cm³/mol. The van der Waals surface area contributed by atoms with E-state index in [1.54, 1.807) is 30.2 Å². The molecule has 0 fully saturated rings. The lowest BCUT2D eigenvalue weighted by Crippen LogP contribution is -2.34. The van der Waals surface area contributed by atoms with Crippen molar-refractivity contribution in [3.63, 3.8) is 0 Å². The van der Waals surface area contributed by atoms with Crippen molar-refractivity contribution in [2.24, 2.45) is 5.84 Å². The van der Waals surface area contributed by atoms with E-state index >= 15 is 0 Å². The highest BCUT2D eigenvalue weighted by Crippen LogP contribution is 2.51. The molecule has 57 heavy (non-hydrogen) atoms. The quantitative estimate of drug-likeness (QED) is 0.0614. The predicted octanol–water partition coefficient (Wildman–Crippen LogP) is 2.71. The summed E-state index contributed by atoms with van der Waals surface area (Å²) in [7, 11) is -12.2.